The normalized spacial score (nSPS) is 11.4. The Morgan fingerprint density at radius 2 is 1.90 bits per heavy atom. The Morgan fingerprint density at radius 3 is 2.58 bits per heavy atom. The maximum absolute atomic E-state index is 13.7. The number of carbonyl (C=O) groups excluding carboxylic acids is 1. The van der Waals surface area contributed by atoms with E-state index in [-0.39, 0.29) is 18.1 Å². The monoisotopic (exact) mass is 654 g/mol. The van der Waals surface area contributed by atoms with Gasteiger partial charge in [0, 0.05) is 5.56 Å². The van der Waals surface area contributed by atoms with E-state index in [1.807, 2.05) is 38.1 Å². The molecule has 0 fully saturated rings. The zero-order chi connectivity index (χ0) is 29.0. The molecule has 0 bridgehead atoms. The summed E-state index contributed by atoms with van der Waals surface area (Å²) in [6.45, 7) is 8.40. The Kier molecular flexibility index (Phi) is 9.08. The van der Waals surface area contributed by atoms with Crippen molar-refractivity contribution in [2.24, 2.45) is 10.8 Å². The average molecular weight is 655 g/mol. The van der Waals surface area contributed by atoms with Gasteiger partial charge in [0.1, 0.15) is 5.75 Å². The van der Waals surface area contributed by atoms with Crippen molar-refractivity contribution in [3.05, 3.63) is 79.1 Å². The number of hydrogen-bond acceptors (Lipinski definition) is 7. The van der Waals surface area contributed by atoms with E-state index < -0.39 is 5.91 Å². The van der Waals surface area contributed by atoms with Gasteiger partial charge in [0.15, 0.2) is 23.9 Å². The van der Waals surface area contributed by atoms with Gasteiger partial charge >= 0.3 is 0 Å². The van der Waals surface area contributed by atoms with Crippen LogP contribution in [0.25, 0.3) is 22.3 Å². The van der Waals surface area contributed by atoms with E-state index in [1.165, 1.54) is 11.8 Å². The zero-order valence-corrected chi connectivity index (χ0v) is 25.2. The van der Waals surface area contributed by atoms with Crippen LogP contribution in [-0.2, 0) is 4.79 Å². The lowest BCUT2D eigenvalue weighted by molar-refractivity contribution is -0.119. The van der Waals surface area contributed by atoms with Gasteiger partial charge in [-0.05, 0) is 95.4 Å². The molecule has 0 aliphatic carbocycles. The highest BCUT2D eigenvalue weighted by atomic mass is 127. The number of ether oxygens (including phenoxy) is 3. The van der Waals surface area contributed by atoms with Gasteiger partial charge < -0.3 is 19.9 Å². The molecule has 2 N–H and O–H groups in total. The predicted octanol–water partition coefficient (Wildman–Crippen LogP) is 5.25. The van der Waals surface area contributed by atoms with Crippen LogP contribution in [0.1, 0.15) is 43.4 Å². The molecule has 0 aliphatic heterocycles. The minimum atomic E-state index is -0.593. The molecule has 0 spiro atoms. The van der Waals surface area contributed by atoms with Crippen LogP contribution in [0.4, 0.5) is 0 Å². The third-order valence-electron chi connectivity index (χ3n) is 6.21. The van der Waals surface area contributed by atoms with Gasteiger partial charge in [0.2, 0.25) is 0 Å². The number of amides is 1. The third-order valence-corrected chi connectivity index (χ3v) is 7.01. The van der Waals surface area contributed by atoms with Crippen molar-refractivity contribution in [2.45, 2.75) is 33.6 Å². The number of nitrogens with zero attached hydrogens (tertiary/aromatic N) is 3. The Bertz CT molecular complexity index is 1660. The van der Waals surface area contributed by atoms with Gasteiger partial charge in [-0.15, -0.1) is 0 Å². The highest BCUT2D eigenvalue weighted by Crippen LogP contribution is 2.35. The molecular formula is C30H31IN4O5. The second kappa shape index (κ2) is 12.5. The Labute approximate surface area is 246 Å². The SMILES string of the molecule is CCOc1cc(C)c(-c2nc3ccccc3c(=O)n2N=Cc2cc(I)c(OCC(N)=O)c(OC)c2)cc1C(C)C. The van der Waals surface area contributed by atoms with E-state index in [4.69, 9.17) is 24.9 Å². The molecular weight excluding hydrogens is 623 g/mol. The Morgan fingerprint density at radius 1 is 1.15 bits per heavy atom. The maximum atomic E-state index is 13.7. The third kappa shape index (κ3) is 6.11. The van der Waals surface area contributed by atoms with E-state index in [9.17, 15) is 9.59 Å². The number of fused-ring (bicyclic) bond motifs is 1. The van der Waals surface area contributed by atoms with Gasteiger partial charge in [0.25, 0.3) is 11.5 Å². The largest absolute Gasteiger partial charge is 0.494 e. The molecule has 1 heterocycles. The number of primary amides is 1. The quantitative estimate of drug-likeness (QED) is 0.184. The molecule has 1 aromatic heterocycles. The summed E-state index contributed by atoms with van der Waals surface area (Å²) in [4.78, 5) is 29.8. The molecule has 0 aliphatic rings. The Hall–Kier alpha value is -3.93. The lowest BCUT2D eigenvalue weighted by atomic mass is 9.96. The highest BCUT2D eigenvalue weighted by molar-refractivity contribution is 14.1. The molecule has 208 valence electrons. The first-order chi connectivity index (χ1) is 19.1. The van der Waals surface area contributed by atoms with Crippen molar-refractivity contribution in [1.82, 2.24) is 9.66 Å². The van der Waals surface area contributed by atoms with Crippen LogP contribution in [-0.4, -0.2) is 42.1 Å². The molecule has 1 amide bonds. The van der Waals surface area contributed by atoms with Crippen LogP contribution in [0.15, 0.2) is 58.4 Å². The van der Waals surface area contributed by atoms with Crippen LogP contribution in [0.2, 0.25) is 0 Å². The first-order valence-corrected chi connectivity index (χ1v) is 13.8. The van der Waals surface area contributed by atoms with Gasteiger partial charge in [-0.1, -0.05) is 26.0 Å². The number of para-hydroxylation sites is 1. The Balaban J connectivity index is 1.90. The highest BCUT2D eigenvalue weighted by Gasteiger charge is 2.19. The topological polar surface area (TPSA) is 118 Å². The molecule has 0 saturated heterocycles. The number of benzene rings is 3. The molecule has 40 heavy (non-hydrogen) atoms. The van der Waals surface area contributed by atoms with E-state index in [0.717, 1.165) is 22.4 Å². The molecule has 3 aromatic carbocycles. The number of aromatic nitrogens is 2. The predicted molar refractivity (Wildman–Crippen MR) is 165 cm³/mol. The summed E-state index contributed by atoms with van der Waals surface area (Å²) < 4.78 is 18.9. The molecule has 4 rings (SSSR count). The van der Waals surface area contributed by atoms with Crippen molar-refractivity contribution >= 4 is 45.6 Å². The number of aryl methyl sites for hydroxylation is 1. The first-order valence-electron chi connectivity index (χ1n) is 12.8. The van der Waals surface area contributed by atoms with Crippen molar-refractivity contribution in [3.8, 4) is 28.6 Å². The fourth-order valence-corrected chi connectivity index (χ4v) is 5.08. The van der Waals surface area contributed by atoms with Crippen LogP contribution in [0.5, 0.6) is 17.2 Å². The minimum absolute atomic E-state index is 0.190. The van der Waals surface area contributed by atoms with E-state index in [2.05, 4.69) is 41.5 Å². The van der Waals surface area contributed by atoms with Crippen LogP contribution < -0.4 is 25.5 Å². The number of carbonyl (C=O) groups is 1. The number of methoxy groups -OCH3 is 1. The average Bonchev–Trinajstić information content (AvgIpc) is 2.91. The van der Waals surface area contributed by atoms with Crippen LogP contribution >= 0.6 is 22.6 Å². The summed E-state index contributed by atoms with van der Waals surface area (Å²) in [6, 6.07) is 14.7. The van der Waals surface area contributed by atoms with Gasteiger partial charge in [-0.25, -0.2) is 4.98 Å². The summed E-state index contributed by atoms with van der Waals surface area (Å²) in [7, 11) is 1.50. The summed E-state index contributed by atoms with van der Waals surface area (Å²) in [5.41, 5.74) is 8.89. The van der Waals surface area contributed by atoms with Crippen molar-refractivity contribution in [2.75, 3.05) is 20.3 Å². The van der Waals surface area contributed by atoms with Crippen molar-refractivity contribution in [3.63, 3.8) is 0 Å². The van der Waals surface area contributed by atoms with E-state index in [0.29, 0.717) is 44.0 Å². The smallest absolute Gasteiger partial charge is 0.282 e. The fraction of sp³-hybridized carbons (Fsp3) is 0.267. The van der Waals surface area contributed by atoms with Crippen LogP contribution in [0.3, 0.4) is 0 Å². The van der Waals surface area contributed by atoms with E-state index >= 15 is 0 Å². The second-order valence-electron chi connectivity index (χ2n) is 9.40. The maximum Gasteiger partial charge on any atom is 0.282 e. The molecule has 0 radical (unpaired) electrons. The molecule has 10 heteroatoms. The summed E-state index contributed by atoms with van der Waals surface area (Å²) in [5, 5.41) is 5.07. The number of rotatable bonds is 10. The lowest BCUT2D eigenvalue weighted by Gasteiger charge is -2.18. The second-order valence-corrected chi connectivity index (χ2v) is 10.6. The zero-order valence-electron chi connectivity index (χ0n) is 23.0. The van der Waals surface area contributed by atoms with Crippen molar-refractivity contribution < 1.29 is 19.0 Å². The standard InChI is InChI=1S/C30H31IN4O5/c1-6-39-25-11-18(4)22(14-21(25)17(2)3)29-34-24-10-8-7-9-20(24)30(37)35(29)33-15-19-12-23(31)28(26(13-19)38-5)40-16-27(32)36/h7-15,17H,6,16H2,1-5H3,(H2,32,36). The molecule has 9 nitrogen and oxygen atoms in total. The molecule has 0 unspecified atom stereocenters. The number of hydrogen-bond donors (Lipinski definition) is 1. The first kappa shape index (κ1) is 29.1. The lowest BCUT2D eigenvalue weighted by Crippen LogP contribution is -2.21. The van der Waals surface area contributed by atoms with Crippen LogP contribution in [0, 0.1) is 10.5 Å². The number of halogens is 1. The van der Waals surface area contributed by atoms with Gasteiger partial charge in [-0.3, -0.25) is 9.59 Å². The minimum Gasteiger partial charge on any atom is -0.494 e. The van der Waals surface area contributed by atoms with Gasteiger partial charge in [-0.2, -0.15) is 9.78 Å². The van der Waals surface area contributed by atoms with Crippen molar-refractivity contribution in [1.29, 1.82) is 0 Å². The van der Waals surface area contributed by atoms with Gasteiger partial charge in [0.05, 0.1) is 34.4 Å². The molecule has 0 saturated carbocycles. The van der Waals surface area contributed by atoms with E-state index in [1.54, 1.807) is 30.5 Å². The summed E-state index contributed by atoms with van der Waals surface area (Å²) >= 11 is 2.08. The summed E-state index contributed by atoms with van der Waals surface area (Å²) in [6.07, 6.45) is 1.57. The molecule has 4 aromatic rings. The molecule has 0 atom stereocenters. The number of nitrogens with two attached hydrogens (primary N) is 1. The fourth-order valence-electron chi connectivity index (χ4n) is 4.30. The summed E-state index contributed by atoms with van der Waals surface area (Å²) in [5.74, 6) is 1.64.